The molecule has 10 heteroatoms. The molecule has 1 aliphatic rings. The lowest BCUT2D eigenvalue weighted by Crippen LogP contribution is -2.62. The van der Waals surface area contributed by atoms with Crippen LogP contribution < -0.4 is 0 Å². The largest absolute Gasteiger partial charge is 0.463 e. The van der Waals surface area contributed by atoms with Crippen LogP contribution in [0.1, 0.15) is 105 Å². The van der Waals surface area contributed by atoms with E-state index in [0.717, 1.165) is 38.5 Å². The highest BCUT2D eigenvalue weighted by Crippen LogP contribution is 2.29. The van der Waals surface area contributed by atoms with Crippen molar-refractivity contribution in [3.8, 4) is 0 Å². The average molecular weight is 517 g/mol. The zero-order valence-corrected chi connectivity index (χ0v) is 22.2. The molecule has 1 fully saturated rings. The molecule has 208 valence electrons. The van der Waals surface area contributed by atoms with Gasteiger partial charge in [-0.15, -0.1) is 0 Å². The first-order valence-electron chi connectivity index (χ1n) is 13.3. The first kappa shape index (κ1) is 31.8. The van der Waals surface area contributed by atoms with Gasteiger partial charge in [0, 0.05) is 26.2 Å². The fraction of sp³-hybridized carbons (Fsp3) is 0.846. The van der Waals surface area contributed by atoms with Gasteiger partial charge in [-0.3, -0.25) is 19.2 Å². The molecule has 1 rings (SSSR count). The van der Waals surface area contributed by atoms with Gasteiger partial charge in [-0.25, -0.2) is 0 Å². The van der Waals surface area contributed by atoms with E-state index in [2.05, 4.69) is 0 Å². The molecular formula is C26H44O10. The van der Waals surface area contributed by atoms with Gasteiger partial charge in [-0.2, -0.15) is 0 Å². The summed E-state index contributed by atoms with van der Waals surface area (Å²) in [5.74, 6) is -2.32. The molecule has 5 atom stereocenters. The van der Waals surface area contributed by atoms with Crippen LogP contribution >= 0.6 is 0 Å². The average Bonchev–Trinajstić information content (AvgIpc) is 2.82. The molecular weight excluding hydrogens is 472 g/mol. The Bertz CT molecular complexity index is 680. The van der Waals surface area contributed by atoms with Gasteiger partial charge in [0.05, 0.1) is 0 Å². The van der Waals surface area contributed by atoms with E-state index in [1.54, 1.807) is 0 Å². The van der Waals surface area contributed by atoms with E-state index in [9.17, 15) is 24.3 Å². The maximum Gasteiger partial charge on any atom is 0.306 e. The molecule has 0 radical (unpaired) electrons. The smallest absolute Gasteiger partial charge is 0.306 e. The van der Waals surface area contributed by atoms with Crippen LogP contribution in [0.3, 0.4) is 0 Å². The van der Waals surface area contributed by atoms with E-state index < -0.39 is 54.6 Å². The molecule has 1 unspecified atom stereocenters. The lowest BCUT2D eigenvalue weighted by atomic mass is 9.98. The Kier molecular flexibility index (Phi) is 16.0. The first-order chi connectivity index (χ1) is 17.2. The van der Waals surface area contributed by atoms with Gasteiger partial charge in [0.25, 0.3) is 0 Å². The zero-order valence-electron chi connectivity index (χ0n) is 22.2. The Morgan fingerprint density at radius 1 is 0.667 bits per heavy atom. The van der Waals surface area contributed by atoms with Gasteiger partial charge in [0.1, 0.15) is 12.7 Å². The Hall–Kier alpha value is -2.20. The Labute approximate surface area is 214 Å². The second-order valence-electron chi connectivity index (χ2n) is 9.10. The standard InChI is InChI=1S/C26H44O10/c1-5-8-11-14-20(28)34-23-19(17-32-18(4)27)33-26(31)25(36-22(30)16-13-10-7-3)24(23)35-21(29)15-12-9-6-2/h19,23-26,31H,5-17H2,1-4H3/t19-,23-,24+,25-,26?/m1/s1. The third kappa shape index (κ3) is 12.2. The number of rotatable bonds is 17. The topological polar surface area (TPSA) is 135 Å². The molecule has 0 aromatic rings. The minimum absolute atomic E-state index is 0.115. The van der Waals surface area contributed by atoms with Crippen LogP contribution in [-0.4, -0.2) is 66.3 Å². The molecule has 0 saturated carbocycles. The van der Waals surface area contributed by atoms with Gasteiger partial charge < -0.3 is 28.8 Å². The Morgan fingerprint density at radius 3 is 1.50 bits per heavy atom. The van der Waals surface area contributed by atoms with Crippen molar-refractivity contribution in [1.82, 2.24) is 0 Å². The number of hydrogen-bond donors (Lipinski definition) is 1. The molecule has 0 aromatic heterocycles. The molecule has 36 heavy (non-hydrogen) atoms. The fourth-order valence-corrected chi connectivity index (χ4v) is 3.82. The van der Waals surface area contributed by atoms with Gasteiger partial charge in [-0.05, 0) is 19.3 Å². The minimum atomic E-state index is -1.68. The number of esters is 4. The number of carbonyl (C=O) groups is 4. The molecule has 0 spiro atoms. The number of hydrogen-bond acceptors (Lipinski definition) is 10. The lowest BCUT2D eigenvalue weighted by molar-refractivity contribution is -0.297. The van der Waals surface area contributed by atoms with Crippen molar-refractivity contribution in [2.75, 3.05) is 6.61 Å². The van der Waals surface area contributed by atoms with Gasteiger partial charge >= 0.3 is 23.9 Å². The molecule has 0 aromatic carbocycles. The second-order valence-corrected chi connectivity index (χ2v) is 9.10. The van der Waals surface area contributed by atoms with Crippen LogP contribution in [0, 0.1) is 0 Å². The Morgan fingerprint density at radius 2 is 1.08 bits per heavy atom. The zero-order chi connectivity index (χ0) is 26.9. The SMILES string of the molecule is CCCCCC(=O)O[C@H]1[C@H](OC(=O)CCCCC)[C@@H](OC(=O)CCCCC)C(O)O[C@@H]1COC(C)=O. The summed E-state index contributed by atoms with van der Waals surface area (Å²) in [6, 6.07) is 0. The van der Waals surface area contributed by atoms with Crippen molar-refractivity contribution in [1.29, 1.82) is 0 Å². The highest BCUT2D eigenvalue weighted by Gasteiger charge is 2.52. The van der Waals surface area contributed by atoms with Crippen molar-refractivity contribution < 1.29 is 48.0 Å². The summed E-state index contributed by atoms with van der Waals surface area (Å²) >= 11 is 0. The summed E-state index contributed by atoms with van der Waals surface area (Å²) in [5.41, 5.74) is 0. The van der Waals surface area contributed by atoms with Crippen LogP contribution in [-0.2, 0) is 42.9 Å². The molecule has 10 nitrogen and oxygen atoms in total. The molecule has 0 amide bonds. The van der Waals surface area contributed by atoms with E-state index in [1.165, 1.54) is 6.92 Å². The summed E-state index contributed by atoms with van der Waals surface area (Å²) in [6.45, 7) is 6.87. The first-order valence-corrected chi connectivity index (χ1v) is 13.3. The molecule has 1 saturated heterocycles. The lowest BCUT2D eigenvalue weighted by Gasteiger charge is -2.42. The summed E-state index contributed by atoms with van der Waals surface area (Å²) in [7, 11) is 0. The van der Waals surface area contributed by atoms with E-state index in [1.807, 2.05) is 20.8 Å². The van der Waals surface area contributed by atoms with Crippen LogP contribution in [0.25, 0.3) is 0 Å². The van der Waals surface area contributed by atoms with Crippen LogP contribution in [0.4, 0.5) is 0 Å². The van der Waals surface area contributed by atoms with E-state index >= 15 is 0 Å². The minimum Gasteiger partial charge on any atom is -0.463 e. The van der Waals surface area contributed by atoms with Crippen molar-refractivity contribution in [2.24, 2.45) is 0 Å². The van der Waals surface area contributed by atoms with Crippen molar-refractivity contribution >= 4 is 23.9 Å². The van der Waals surface area contributed by atoms with Crippen molar-refractivity contribution in [3.63, 3.8) is 0 Å². The highest BCUT2D eigenvalue weighted by molar-refractivity contribution is 5.71. The summed E-state index contributed by atoms with van der Waals surface area (Å²) in [4.78, 5) is 49.1. The summed E-state index contributed by atoms with van der Waals surface area (Å²) in [6.07, 6.45) is 0.616. The quantitative estimate of drug-likeness (QED) is 0.173. The highest BCUT2D eigenvalue weighted by atomic mass is 16.7. The third-order valence-electron chi connectivity index (χ3n) is 5.82. The van der Waals surface area contributed by atoms with Crippen molar-refractivity contribution in [2.45, 2.75) is 135 Å². The van der Waals surface area contributed by atoms with E-state index in [0.29, 0.717) is 19.3 Å². The number of carbonyl (C=O) groups excluding carboxylic acids is 4. The van der Waals surface area contributed by atoms with Crippen LogP contribution in [0.2, 0.25) is 0 Å². The molecule has 0 bridgehead atoms. The van der Waals surface area contributed by atoms with Crippen LogP contribution in [0.5, 0.6) is 0 Å². The molecule has 1 heterocycles. The van der Waals surface area contributed by atoms with E-state index in [4.69, 9.17) is 23.7 Å². The molecule has 1 aliphatic heterocycles. The molecule has 1 N–H and O–H groups in total. The monoisotopic (exact) mass is 516 g/mol. The summed E-state index contributed by atoms with van der Waals surface area (Å²) < 4.78 is 27.4. The Balaban J connectivity index is 3.16. The fourth-order valence-electron chi connectivity index (χ4n) is 3.82. The second kappa shape index (κ2) is 18.1. The number of unbranched alkanes of at least 4 members (excludes halogenated alkanes) is 6. The number of aliphatic hydroxyl groups excluding tert-OH is 1. The normalized spacial score (nSPS) is 23.5. The van der Waals surface area contributed by atoms with Crippen LogP contribution in [0.15, 0.2) is 0 Å². The van der Waals surface area contributed by atoms with Crippen molar-refractivity contribution in [3.05, 3.63) is 0 Å². The number of aliphatic hydroxyl groups is 1. The van der Waals surface area contributed by atoms with E-state index in [-0.39, 0.29) is 25.9 Å². The third-order valence-corrected chi connectivity index (χ3v) is 5.82. The van der Waals surface area contributed by atoms with Gasteiger partial charge in [-0.1, -0.05) is 59.3 Å². The maximum absolute atomic E-state index is 12.6. The number of ether oxygens (including phenoxy) is 5. The van der Waals surface area contributed by atoms with Gasteiger partial charge in [0.2, 0.25) is 0 Å². The molecule has 0 aliphatic carbocycles. The van der Waals surface area contributed by atoms with Gasteiger partial charge in [0.15, 0.2) is 24.6 Å². The predicted octanol–water partition coefficient (Wildman–Crippen LogP) is 3.74. The summed E-state index contributed by atoms with van der Waals surface area (Å²) in [5, 5.41) is 10.7. The maximum atomic E-state index is 12.6. The predicted molar refractivity (Wildman–Crippen MR) is 130 cm³/mol.